The van der Waals surface area contributed by atoms with Gasteiger partial charge in [-0.1, -0.05) is 12.1 Å². The Bertz CT molecular complexity index is 714. The zero-order valence-electron chi connectivity index (χ0n) is 15.1. The van der Waals surface area contributed by atoms with Gasteiger partial charge in [-0.2, -0.15) is 4.31 Å². The van der Waals surface area contributed by atoms with Gasteiger partial charge in [0.25, 0.3) is 5.91 Å². The number of benzene rings is 1. The number of hydrogen-bond acceptors (Lipinski definition) is 5. The molecule has 1 amide bonds. The van der Waals surface area contributed by atoms with Gasteiger partial charge in [0.1, 0.15) is 0 Å². The second kappa shape index (κ2) is 8.47. The lowest BCUT2D eigenvalue weighted by Gasteiger charge is -2.36. The van der Waals surface area contributed by atoms with Gasteiger partial charge in [0.2, 0.25) is 10.0 Å². The summed E-state index contributed by atoms with van der Waals surface area (Å²) in [6, 6.07) is 7.28. The molecule has 0 N–H and O–H groups in total. The van der Waals surface area contributed by atoms with E-state index in [9.17, 15) is 13.2 Å². The summed E-state index contributed by atoms with van der Waals surface area (Å²) in [5.74, 6) is -0.115. The number of likely N-dealkylation sites (tertiary alicyclic amines) is 1. The van der Waals surface area contributed by atoms with E-state index in [2.05, 4.69) is 0 Å². The van der Waals surface area contributed by atoms with E-state index in [1.807, 2.05) is 12.1 Å². The normalized spacial score (nSPS) is 22.3. The van der Waals surface area contributed by atoms with Crippen molar-refractivity contribution < 1.29 is 22.7 Å². The minimum absolute atomic E-state index is 0.115. The first-order chi connectivity index (χ1) is 12.5. The molecule has 1 aromatic rings. The number of hydrogen-bond donors (Lipinski definition) is 0. The predicted molar refractivity (Wildman–Crippen MR) is 97.4 cm³/mol. The highest BCUT2D eigenvalue weighted by Crippen LogP contribution is 2.23. The first-order valence-corrected chi connectivity index (χ1v) is 10.5. The lowest BCUT2D eigenvalue weighted by Crippen LogP contribution is -2.51. The van der Waals surface area contributed by atoms with Gasteiger partial charge >= 0.3 is 0 Å². The van der Waals surface area contributed by atoms with Crippen molar-refractivity contribution in [3.05, 3.63) is 35.4 Å². The number of rotatable bonds is 5. The van der Waals surface area contributed by atoms with Crippen molar-refractivity contribution in [3.63, 3.8) is 0 Å². The number of morpholine rings is 1. The molecule has 26 heavy (non-hydrogen) atoms. The average molecular weight is 382 g/mol. The smallest absolute Gasteiger partial charge is 0.253 e. The summed E-state index contributed by atoms with van der Waals surface area (Å²) in [5.41, 5.74) is 1.57. The van der Waals surface area contributed by atoms with Gasteiger partial charge < -0.3 is 14.4 Å². The Morgan fingerprint density at radius 2 is 1.88 bits per heavy atom. The lowest BCUT2D eigenvalue weighted by molar-refractivity contribution is 0.0686. The zero-order chi connectivity index (χ0) is 18.6. The van der Waals surface area contributed by atoms with Crippen LogP contribution in [0, 0.1) is 0 Å². The maximum atomic E-state index is 12.9. The lowest BCUT2D eigenvalue weighted by atomic mass is 10.1. The maximum Gasteiger partial charge on any atom is 0.253 e. The molecule has 0 saturated carbocycles. The van der Waals surface area contributed by atoms with Gasteiger partial charge in [-0.15, -0.1) is 0 Å². The molecule has 2 fully saturated rings. The highest BCUT2D eigenvalue weighted by molar-refractivity contribution is 7.89. The van der Waals surface area contributed by atoms with E-state index in [0.717, 1.165) is 5.56 Å². The third-order valence-corrected chi connectivity index (χ3v) is 7.24. The number of ether oxygens (including phenoxy) is 2. The summed E-state index contributed by atoms with van der Waals surface area (Å²) in [5, 5.41) is -0.536. The Hall–Kier alpha value is -1.48. The average Bonchev–Trinajstić information content (AvgIpc) is 2.69. The van der Waals surface area contributed by atoms with Crippen LogP contribution in [0.25, 0.3) is 0 Å². The molecule has 7 nitrogen and oxygen atoms in total. The molecule has 0 aliphatic carbocycles. The van der Waals surface area contributed by atoms with E-state index < -0.39 is 15.3 Å². The zero-order valence-corrected chi connectivity index (χ0v) is 15.9. The van der Waals surface area contributed by atoms with Gasteiger partial charge in [-0.3, -0.25) is 4.79 Å². The first-order valence-electron chi connectivity index (χ1n) is 8.96. The molecule has 2 aliphatic rings. The molecular weight excluding hydrogens is 356 g/mol. The number of methoxy groups -OCH3 is 1. The number of nitrogens with zero attached hydrogens (tertiary/aromatic N) is 2. The van der Waals surface area contributed by atoms with Gasteiger partial charge in [0.15, 0.2) is 0 Å². The number of piperidine rings is 1. The fourth-order valence-corrected chi connectivity index (χ4v) is 5.38. The van der Waals surface area contributed by atoms with E-state index in [1.54, 1.807) is 24.1 Å². The van der Waals surface area contributed by atoms with Crippen LogP contribution in [0.15, 0.2) is 24.3 Å². The summed E-state index contributed by atoms with van der Waals surface area (Å²) in [7, 11) is -1.78. The Kier molecular flexibility index (Phi) is 6.29. The molecule has 3 rings (SSSR count). The van der Waals surface area contributed by atoms with E-state index in [1.165, 1.54) is 4.31 Å². The third-order valence-electron chi connectivity index (χ3n) is 4.93. The van der Waals surface area contributed by atoms with Crippen molar-refractivity contribution in [2.75, 3.05) is 46.5 Å². The Balaban J connectivity index is 1.68. The molecular formula is C18H26N2O5S. The quantitative estimate of drug-likeness (QED) is 0.762. The summed E-state index contributed by atoms with van der Waals surface area (Å²) in [4.78, 5) is 14.4. The van der Waals surface area contributed by atoms with Crippen molar-refractivity contribution in [3.8, 4) is 0 Å². The van der Waals surface area contributed by atoms with Crippen LogP contribution < -0.4 is 0 Å². The molecule has 2 saturated heterocycles. The van der Waals surface area contributed by atoms with Crippen LogP contribution in [0.4, 0.5) is 0 Å². The van der Waals surface area contributed by atoms with Crippen LogP contribution in [0.2, 0.25) is 0 Å². The van der Waals surface area contributed by atoms with Crippen LogP contribution in [-0.2, 0) is 26.1 Å². The minimum Gasteiger partial charge on any atom is -0.380 e. The van der Waals surface area contributed by atoms with Gasteiger partial charge in [-0.25, -0.2) is 8.42 Å². The second-order valence-corrected chi connectivity index (χ2v) is 8.91. The molecule has 0 spiro atoms. The van der Waals surface area contributed by atoms with Crippen molar-refractivity contribution in [1.82, 2.24) is 9.21 Å². The molecule has 8 heteroatoms. The maximum absolute atomic E-state index is 12.9. The largest absolute Gasteiger partial charge is 0.380 e. The van der Waals surface area contributed by atoms with E-state index in [0.29, 0.717) is 57.9 Å². The van der Waals surface area contributed by atoms with Crippen LogP contribution in [-0.4, -0.2) is 75.3 Å². The summed E-state index contributed by atoms with van der Waals surface area (Å²) in [6.45, 7) is 3.00. The van der Waals surface area contributed by atoms with Crippen molar-refractivity contribution in [2.45, 2.75) is 24.7 Å². The molecule has 0 radical (unpaired) electrons. The monoisotopic (exact) mass is 382 g/mol. The first kappa shape index (κ1) is 19.3. The fourth-order valence-electron chi connectivity index (χ4n) is 3.47. The van der Waals surface area contributed by atoms with E-state index >= 15 is 0 Å². The molecule has 0 bridgehead atoms. The van der Waals surface area contributed by atoms with Gasteiger partial charge in [-0.05, 0) is 30.5 Å². The minimum atomic E-state index is -3.40. The second-order valence-electron chi connectivity index (χ2n) is 6.70. The van der Waals surface area contributed by atoms with Crippen LogP contribution in [0.3, 0.4) is 0 Å². The number of carbonyl (C=O) groups is 1. The fraction of sp³-hybridized carbons (Fsp3) is 0.611. The molecule has 1 atom stereocenters. The topological polar surface area (TPSA) is 76.2 Å². The number of carbonyl (C=O) groups excluding carboxylic acids is 1. The Labute approximate surface area is 154 Å². The molecule has 2 heterocycles. The van der Waals surface area contributed by atoms with E-state index in [-0.39, 0.29) is 12.5 Å². The molecule has 2 aliphatic heterocycles. The predicted octanol–water partition coefficient (Wildman–Crippen LogP) is 1.10. The standard InChI is InChI=1S/C18H26N2O5S/c1-24-14-15-4-6-16(7-5-15)18(21)19-8-2-3-17(13-19)26(22,23)20-9-11-25-12-10-20/h4-7,17H,2-3,8-14H2,1H3. The molecule has 1 aromatic carbocycles. The number of amides is 1. The van der Waals surface area contributed by atoms with Crippen LogP contribution in [0.5, 0.6) is 0 Å². The SMILES string of the molecule is COCc1ccc(C(=O)N2CCCC(S(=O)(=O)N3CCOCC3)C2)cc1. The third kappa shape index (κ3) is 4.25. The highest BCUT2D eigenvalue weighted by Gasteiger charge is 2.37. The van der Waals surface area contributed by atoms with E-state index in [4.69, 9.17) is 9.47 Å². The van der Waals surface area contributed by atoms with Gasteiger partial charge in [0.05, 0.1) is 25.1 Å². The highest BCUT2D eigenvalue weighted by atomic mass is 32.2. The van der Waals surface area contributed by atoms with Crippen molar-refractivity contribution in [1.29, 1.82) is 0 Å². The molecule has 0 aromatic heterocycles. The van der Waals surface area contributed by atoms with Gasteiger partial charge in [0, 0.05) is 38.9 Å². The summed E-state index contributed by atoms with van der Waals surface area (Å²) < 4.78 is 37.6. The van der Waals surface area contributed by atoms with Crippen molar-refractivity contribution >= 4 is 15.9 Å². The summed E-state index contributed by atoms with van der Waals surface area (Å²) in [6.07, 6.45) is 1.29. The molecule has 144 valence electrons. The number of sulfonamides is 1. The molecule has 1 unspecified atom stereocenters. The Morgan fingerprint density at radius 1 is 1.19 bits per heavy atom. The Morgan fingerprint density at radius 3 is 2.54 bits per heavy atom. The van der Waals surface area contributed by atoms with Crippen molar-refractivity contribution in [2.24, 2.45) is 0 Å². The van der Waals surface area contributed by atoms with Crippen LogP contribution in [0.1, 0.15) is 28.8 Å². The summed E-state index contributed by atoms with van der Waals surface area (Å²) >= 11 is 0. The van der Waals surface area contributed by atoms with Crippen LogP contribution >= 0.6 is 0 Å².